The number of aliphatic hydroxyl groups is 1. The quantitative estimate of drug-likeness (QED) is 0.924. The molecule has 0 bridgehead atoms. The van der Waals surface area contributed by atoms with E-state index in [0.717, 1.165) is 5.56 Å². The van der Waals surface area contributed by atoms with Crippen LogP contribution in [0, 0.1) is 12.7 Å². The van der Waals surface area contributed by atoms with Crippen LogP contribution in [-0.4, -0.2) is 12.2 Å². The standard InChI is InChI=1S/C15H14ClFO2/c1-9-3-5-11(16)8-12(9)15(18)10-4-6-14(19-2)13(17)7-10/h3-8,15,18H,1-2H3. The van der Waals surface area contributed by atoms with E-state index in [0.29, 0.717) is 16.1 Å². The van der Waals surface area contributed by atoms with Crippen molar-refractivity contribution in [2.45, 2.75) is 13.0 Å². The maximum Gasteiger partial charge on any atom is 0.165 e. The molecule has 0 heterocycles. The third kappa shape index (κ3) is 2.88. The summed E-state index contributed by atoms with van der Waals surface area (Å²) in [6, 6.07) is 9.65. The number of aryl methyl sites for hydroxylation is 1. The predicted octanol–water partition coefficient (Wildman–Crippen LogP) is 3.88. The van der Waals surface area contributed by atoms with Crippen molar-refractivity contribution in [2.24, 2.45) is 0 Å². The highest BCUT2D eigenvalue weighted by Crippen LogP contribution is 2.29. The third-order valence-electron chi connectivity index (χ3n) is 3.03. The summed E-state index contributed by atoms with van der Waals surface area (Å²) in [5.74, 6) is -0.350. The molecule has 0 spiro atoms. The molecule has 0 amide bonds. The van der Waals surface area contributed by atoms with Crippen LogP contribution in [0.5, 0.6) is 5.75 Å². The Kier molecular flexibility index (Phi) is 4.08. The topological polar surface area (TPSA) is 29.5 Å². The first-order chi connectivity index (χ1) is 9.02. The second kappa shape index (κ2) is 5.59. The van der Waals surface area contributed by atoms with Gasteiger partial charge in [0.2, 0.25) is 0 Å². The molecule has 1 atom stereocenters. The molecular formula is C15H14ClFO2. The number of benzene rings is 2. The van der Waals surface area contributed by atoms with E-state index in [9.17, 15) is 9.50 Å². The van der Waals surface area contributed by atoms with Gasteiger partial charge in [0, 0.05) is 5.02 Å². The van der Waals surface area contributed by atoms with E-state index in [1.807, 2.05) is 13.0 Å². The first-order valence-electron chi connectivity index (χ1n) is 5.80. The molecule has 0 aliphatic carbocycles. The highest BCUT2D eigenvalue weighted by atomic mass is 35.5. The van der Waals surface area contributed by atoms with Crippen molar-refractivity contribution in [3.8, 4) is 5.75 Å². The Labute approximate surface area is 116 Å². The summed E-state index contributed by atoms with van der Waals surface area (Å²) in [5, 5.41) is 10.9. The van der Waals surface area contributed by atoms with Crippen molar-refractivity contribution in [1.29, 1.82) is 0 Å². The van der Waals surface area contributed by atoms with Crippen LogP contribution < -0.4 is 4.74 Å². The summed E-state index contributed by atoms with van der Waals surface area (Å²) in [6.07, 6.45) is -0.917. The Bertz CT molecular complexity index is 599. The number of ether oxygens (including phenoxy) is 1. The number of methoxy groups -OCH3 is 1. The van der Waals surface area contributed by atoms with Crippen LogP contribution in [-0.2, 0) is 0 Å². The zero-order valence-electron chi connectivity index (χ0n) is 10.7. The van der Waals surface area contributed by atoms with Crippen molar-refractivity contribution in [3.63, 3.8) is 0 Å². The summed E-state index contributed by atoms with van der Waals surface area (Å²) >= 11 is 5.92. The highest BCUT2D eigenvalue weighted by Gasteiger charge is 2.15. The molecule has 1 N–H and O–H groups in total. The lowest BCUT2D eigenvalue weighted by atomic mass is 9.97. The van der Waals surface area contributed by atoms with Crippen LogP contribution >= 0.6 is 11.6 Å². The highest BCUT2D eigenvalue weighted by molar-refractivity contribution is 6.30. The summed E-state index contributed by atoms with van der Waals surface area (Å²) in [7, 11) is 1.40. The summed E-state index contributed by atoms with van der Waals surface area (Å²) in [5.41, 5.74) is 2.02. The lowest BCUT2D eigenvalue weighted by Gasteiger charge is -2.15. The number of aliphatic hydroxyl groups excluding tert-OH is 1. The Morgan fingerprint density at radius 1 is 1.21 bits per heavy atom. The molecule has 0 saturated heterocycles. The normalized spacial score (nSPS) is 12.3. The molecule has 0 fully saturated rings. The second-order valence-corrected chi connectivity index (χ2v) is 4.73. The molecule has 2 nitrogen and oxygen atoms in total. The molecule has 0 aromatic heterocycles. The monoisotopic (exact) mass is 280 g/mol. The van der Waals surface area contributed by atoms with Gasteiger partial charge in [-0.25, -0.2) is 4.39 Å². The van der Waals surface area contributed by atoms with Crippen molar-refractivity contribution in [3.05, 3.63) is 63.9 Å². The molecule has 19 heavy (non-hydrogen) atoms. The zero-order chi connectivity index (χ0) is 14.0. The van der Waals surface area contributed by atoms with Gasteiger partial charge in [-0.05, 0) is 47.9 Å². The minimum atomic E-state index is -0.917. The average molecular weight is 281 g/mol. The fourth-order valence-corrected chi connectivity index (χ4v) is 2.12. The van der Waals surface area contributed by atoms with Crippen molar-refractivity contribution in [1.82, 2.24) is 0 Å². The van der Waals surface area contributed by atoms with Crippen molar-refractivity contribution >= 4 is 11.6 Å². The fraction of sp³-hybridized carbons (Fsp3) is 0.200. The maximum absolute atomic E-state index is 13.6. The molecular weight excluding hydrogens is 267 g/mol. The molecule has 0 saturated carbocycles. The molecule has 4 heteroatoms. The smallest absolute Gasteiger partial charge is 0.165 e. The van der Waals surface area contributed by atoms with Gasteiger partial charge in [-0.15, -0.1) is 0 Å². The SMILES string of the molecule is COc1ccc(C(O)c2cc(Cl)ccc2C)cc1F. The van der Waals surface area contributed by atoms with Gasteiger partial charge in [0.15, 0.2) is 11.6 Å². The second-order valence-electron chi connectivity index (χ2n) is 4.30. The Morgan fingerprint density at radius 2 is 1.95 bits per heavy atom. The number of halogens is 2. The van der Waals surface area contributed by atoms with Gasteiger partial charge < -0.3 is 9.84 Å². The van der Waals surface area contributed by atoms with Gasteiger partial charge in [0.25, 0.3) is 0 Å². The van der Waals surface area contributed by atoms with Crippen LogP contribution in [0.15, 0.2) is 36.4 Å². The molecule has 0 aliphatic heterocycles. The van der Waals surface area contributed by atoms with Gasteiger partial charge in [-0.3, -0.25) is 0 Å². The van der Waals surface area contributed by atoms with E-state index in [1.165, 1.54) is 19.2 Å². The van der Waals surface area contributed by atoms with Crippen LogP contribution in [0.2, 0.25) is 5.02 Å². The third-order valence-corrected chi connectivity index (χ3v) is 3.26. The minimum Gasteiger partial charge on any atom is -0.494 e. The van der Waals surface area contributed by atoms with Crippen LogP contribution in [0.1, 0.15) is 22.8 Å². The first kappa shape index (κ1) is 13.8. The van der Waals surface area contributed by atoms with E-state index in [4.69, 9.17) is 16.3 Å². The number of hydrogen-bond donors (Lipinski definition) is 1. The van der Waals surface area contributed by atoms with Gasteiger partial charge in [-0.2, -0.15) is 0 Å². The van der Waals surface area contributed by atoms with Crippen LogP contribution in [0.4, 0.5) is 4.39 Å². The molecule has 2 aromatic carbocycles. The van der Waals surface area contributed by atoms with E-state index in [-0.39, 0.29) is 5.75 Å². The van der Waals surface area contributed by atoms with Gasteiger partial charge in [0.05, 0.1) is 7.11 Å². The molecule has 0 aliphatic rings. The van der Waals surface area contributed by atoms with E-state index in [2.05, 4.69) is 0 Å². The van der Waals surface area contributed by atoms with Crippen LogP contribution in [0.25, 0.3) is 0 Å². The lowest BCUT2D eigenvalue weighted by molar-refractivity contribution is 0.218. The summed E-state index contributed by atoms with van der Waals surface area (Å²) < 4.78 is 18.5. The molecule has 2 aromatic rings. The summed E-state index contributed by atoms with van der Waals surface area (Å²) in [4.78, 5) is 0. The largest absolute Gasteiger partial charge is 0.494 e. The molecule has 0 radical (unpaired) electrons. The van der Waals surface area contributed by atoms with E-state index >= 15 is 0 Å². The Morgan fingerprint density at radius 3 is 2.58 bits per heavy atom. The molecule has 1 unspecified atom stereocenters. The number of rotatable bonds is 3. The van der Waals surface area contributed by atoms with Gasteiger partial charge >= 0.3 is 0 Å². The Hall–Kier alpha value is -1.58. The fourth-order valence-electron chi connectivity index (χ4n) is 1.94. The molecule has 2 rings (SSSR count). The van der Waals surface area contributed by atoms with Crippen molar-refractivity contribution in [2.75, 3.05) is 7.11 Å². The molecule has 100 valence electrons. The maximum atomic E-state index is 13.6. The first-order valence-corrected chi connectivity index (χ1v) is 6.18. The number of hydrogen-bond acceptors (Lipinski definition) is 2. The lowest BCUT2D eigenvalue weighted by Crippen LogP contribution is -2.03. The summed E-state index contributed by atoms with van der Waals surface area (Å²) in [6.45, 7) is 1.87. The van der Waals surface area contributed by atoms with Crippen molar-refractivity contribution < 1.29 is 14.2 Å². The zero-order valence-corrected chi connectivity index (χ0v) is 11.4. The Balaban J connectivity index is 2.41. The average Bonchev–Trinajstić information content (AvgIpc) is 2.40. The van der Waals surface area contributed by atoms with Crippen LogP contribution in [0.3, 0.4) is 0 Å². The van der Waals surface area contributed by atoms with Gasteiger partial charge in [-0.1, -0.05) is 23.7 Å². The van der Waals surface area contributed by atoms with E-state index in [1.54, 1.807) is 18.2 Å². The van der Waals surface area contributed by atoms with E-state index < -0.39 is 11.9 Å². The van der Waals surface area contributed by atoms with Gasteiger partial charge in [0.1, 0.15) is 6.10 Å². The predicted molar refractivity (Wildman–Crippen MR) is 73.2 cm³/mol. The minimum absolute atomic E-state index is 0.152.